The van der Waals surface area contributed by atoms with Gasteiger partial charge in [0.25, 0.3) is 0 Å². The molecule has 2 rings (SSSR count). The monoisotopic (exact) mass is 290 g/mol. The van der Waals surface area contributed by atoms with Gasteiger partial charge in [-0.1, -0.05) is 23.2 Å². The molecular weight excluding hydrogens is 275 g/mol. The van der Waals surface area contributed by atoms with Crippen molar-refractivity contribution in [2.24, 2.45) is 5.84 Å². The second-order valence-corrected chi connectivity index (χ2v) is 5.45. The van der Waals surface area contributed by atoms with Gasteiger partial charge in [0.05, 0.1) is 22.2 Å². The van der Waals surface area contributed by atoms with Gasteiger partial charge < -0.3 is 15.5 Å². The minimum absolute atomic E-state index is 0.172. The molecule has 1 fully saturated rings. The van der Waals surface area contributed by atoms with Crippen molar-refractivity contribution in [1.82, 2.24) is 4.98 Å². The normalized spacial score (nSPS) is 23.8. The Morgan fingerprint density at radius 3 is 2.72 bits per heavy atom. The molecule has 18 heavy (non-hydrogen) atoms. The summed E-state index contributed by atoms with van der Waals surface area (Å²) in [5.74, 6) is 6.29. The van der Waals surface area contributed by atoms with E-state index in [1.165, 1.54) is 0 Å². The van der Waals surface area contributed by atoms with Crippen LogP contribution in [-0.2, 0) is 4.74 Å². The minimum Gasteiger partial charge on any atom is -0.379 e. The molecule has 1 unspecified atom stereocenters. The number of nitrogens with one attached hydrogen (secondary N) is 2. The molecule has 0 spiro atoms. The fourth-order valence-corrected chi connectivity index (χ4v) is 2.43. The number of nitrogens with two attached hydrogens (primary N) is 1. The lowest BCUT2D eigenvalue weighted by molar-refractivity contribution is 0.0539. The fourth-order valence-electron chi connectivity index (χ4n) is 1.97. The summed E-state index contributed by atoms with van der Waals surface area (Å²) >= 11 is 12.1. The summed E-state index contributed by atoms with van der Waals surface area (Å²) in [5.41, 5.74) is 2.27. The van der Waals surface area contributed by atoms with Crippen LogP contribution < -0.4 is 16.6 Å². The van der Waals surface area contributed by atoms with Gasteiger partial charge in [0.1, 0.15) is 5.82 Å². The molecule has 100 valence electrons. The summed E-state index contributed by atoms with van der Waals surface area (Å²) in [4.78, 5) is 4.26. The number of ether oxygens (including phenoxy) is 1. The van der Waals surface area contributed by atoms with E-state index >= 15 is 0 Å². The number of rotatable bonds is 3. The summed E-state index contributed by atoms with van der Waals surface area (Å²) in [7, 11) is 0. The Balaban J connectivity index is 2.22. The molecule has 0 aromatic carbocycles. The number of anilines is 2. The van der Waals surface area contributed by atoms with Crippen molar-refractivity contribution in [2.75, 3.05) is 24.0 Å². The van der Waals surface area contributed by atoms with Crippen LogP contribution in [0, 0.1) is 0 Å². The predicted octanol–water partition coefficient (Wildman–Crippen LogP) is 2.66. The molecule has 1 aromatic heterocycles. The SMILES string of the molecule is CC1(Nc2nc(NN)c(Cl)cc2Cl)CCCOC1. The van der Waals surface area contributed by atoms with Gasteiger partial charge >= 0.3 is 0 Å². The Labute approximate surface area is 116 Å². The number of hydrogen-bond acceptors (Lipinski definition) is 5. The number of nitrogens with zero attached hydrogens (tertiary/aromatic N) is 1. The average Bonchev–Trinajstić information content (AvgIpc) is 2.33. The predicted molar refractivity (Wildman–Crippen MR) is 74.1 cm³/mol. The molecule has 0 radical (unpaired) electrons. The number of hydrazine groups is 1. The van der Waals surface area contributed by atoms with Crippen LogP contribution in [0.2, 0.25) is 10.0 Å². The minimum atomic E-state index is -0.172. The first-order valence-corrected chi connectivity index (χ1v) is 6.48. The number of hydrogen-bond donors (Lipinski definition) is 3. The van der Waals surface area contributed by atoms with E-state index < -0.39 is 0 Å². The first-order chi connectivity index (χ1) is 8.54. The topological polar surface area (TPSA) is 72.2 Å². The molecule has 1 aromatic rings. The van der Waals surface area contributed by atoms with Gasteiger partial charge in [-0.25, -0.2) is 10.8 Å². The van der Waals surface area contributed by atoms with Crippen LogP contribution in [0.25, 0.3) is 0 Å². The van der Waals surface area contributed by atoms with Gasteiger partial charge in [-0.3, -0.25) is 0 Å². The van der Waals surface area contributed by atoms with E-state index in [9.17, 15) is 0 Å². The molecule has 5 nitrogen and oxygen atoms in total. The van der Waals surface area contributed by atoms with E-state index in [0.29, 0.717) is 28.3 Å². The molecule has 0 saturated carbocycles. The highest BCUT2D eigenvalue weighted by Gasteiger charge is 2.28. The summed E-state index contributed by atoms with van der Waals surface area (Å²) in [5, 5.41) is 4.16. The standard InChI is InChI=1S/C11H16Cl2N4O/c1-11(3-2-4-18-6-11)16-9-7(12)5-8(13)10(15-9)17-14/h5H,2-4,6,14H2,1H3,(H2,15,16,17). The van der Waals surface area contributed by atoms with Gasteiger partial charge in [0.15, 0.2) is 5.82 Å². The average molecular weight is 291 g/mol. The molecule has 0 amide bonds. The molecular formula is C11H16Cl2N4O. The lowest BCUT2D eigenvalue weighted by Gasteiger charge is -2.35. The Bertz CT molecular complexity index is 435. The third-order valence-electron chi connectivity index (χ3n) is 2.92. The lowest BCUT2D eigenvalue weighted by Crippen LogP contribution is -2.43. The molecule has 0 bridgehead atoms. The van der Waals surface area contributed by atoms with Crippen molar-refractivity contribution in [3.63, 3.8) is 0 Å². The van der Waals surface area contributed by atoms with E-state index in [1.807, 2.05) is 0 Å². The quantitative estimate of drug-likeness (QED) is 0.590. The van der Waals surface area contributed by atoms with Gasteiger partial charge in [-0.15, -0.1) is 0 Å². The summed E-state index contributed by atoms with van der Waals surface area (Å²) in [6, 6.07) is 1.61. The largest absolute Gasteiger partial charge is 0.379 e. The van der Waals surface area contributed by atoms with Crippen molar-refractivity contribution in [3.8, 4) is 0 Å². The first kappa shape index (κ1) is 13.7. The van der Waals surface area contributed by atoms with Crippen LogP contribution in [0.4, 0.5) is 11.6 Å². The van der Waals surface area contributed by atoms with Crippen LogP contribution >= 0.6 is 23.2 Å². The van der Waals surface area contributed by atoms with Crippen LogP contribution in [0.1, 0.15) is 19.8 Å². The highest BCUT2D eigenvalue weighted by molar-refractivity contribution is 6.37. The molecule has 1 atom stereocenters. The zero-order chi connectivity index (χ0) is 13.2. The molecule has 7 heteroatoms. The summed E-state index contributed by atoms with van der Waals surface area (Å²) in [6.45, 7) is 3.50. The summed E-state index contributed by atoms with van der Waals surface area (Å²) < 4.78 is 5.48. The van der Waals surface area contributed by atoms with Gasteiger partial charge in [0, 0.05) is 6.61 Å². The van der Waals surface area contributed by atoms with E-state index in [-0.39, 0.29) is 5.54 Å². The number of nitrogen functional groups attached to an aromatic ring is 1. The third kappa shape index (κ3) is 2.98. The molecule has 1 saturated heterocycles. The van der Waals surface area contributed by atoms with E-state index in [1.54, 1.807) is 6.07 Å². The van der Waals surface area contributed by atoms with Crippen LogP contribution in [0.15, 0.2) is 6.07 Å². The molecule has 1 aliphatic heterocycles. The highest BCUT2D eigenvalue weighted by Crippen LogP contribution is 2.32. The third-order valence-corrected chi connectivity index (χ3v) is 3.50. The molecule has 2 heterocycles. The van der Waals surface area contributed by atoms with Gasteiger partial charge in [-0.05, 0) is 25.8 Å². The van der Waals surface area contributed by atoms with Crippen LogP contribution in [0.3, 0.4) is 0 Å². The zero-order valence-corrected chi connectivity index (χ0v) is 11.6. The number of halogens is 2. The van der Waals surface area contributed by atoms with Crippen LogP contribution in [-0.4, -0.2) is 23.7 Å². The number of pyridine rings is 1. The van der Waals surface area contributed by atoms with Gasteiger partial charge in [0.2, 0.25) is 0 Å². The van der Waals surface area contributed by atoms with E-state index in [0.717, 1.165) is 19.4 Å². The Morgan fingerprint density at radius 2 is 2.11 bits per heavy atom. The lowest BCUT2D eigenvalue weighted by atomic mass is 9.95. The fraction of sp³-hybridized carbons (Fsp3) is 0.545. The first-order valence-electron chi connectivity index (χ1n) is 5.73. The highest BCUT2D eigenvalue weighted by atomic mass is 35.5. The molecule has 4 N–H and O–H groups in total. The van der Waals surface area contributed by atoms with Gasteiger partial charge in [-0.2, -0.15) is 0 Å². The Kier molecular flexibility index (Phi) is 4.17. The summed E-state index contributed by atoms with van der Waals surface area (Å²) in [6.07, 6.45) is 2.01. The van der Waals surface area contributed by atoms with Crippen molar-refractivity contribution in [3.05, 3.63) is 16.1 Å². The van der Waals surface area contributed by atoms with E-state index in [4.69, 9.17) is 33.8 Å². The number of aromatic nitrogens is 1. The van der Waals surface area contributed by atoms with Crippen molar-refractivity contribution in [2.45, 2.75) is 25.3 Å². The second-order valence-electron chi connectivity index (χ2n) is 4.64. The molecule has 1 aliphatic rings. The Hall–Kier alpha value is -0.750. The maximum absolute atomic E-state index is 6.12. The van der Waals surface area contributed by atoms with Crippen molar-refractivity contribution in [1.29, 1.82) is 0 Å². The molecule has 0 aliphatic carbocycles. The van der Waals surface area contributed by atoms with Crippen molar-refractivity contribution < 1.29 is 4.74 Å². The Morgan fingerprint density at radius 1 is 1.39 bits per heavy atom. The maximum Gasteiger partial charge on any atom is 0.161 e. The smallest absolute Gasteiger partial charge is 0.161 e. The maximum atomic E-state index is 6.12. The van der Waals surface area contributed by atoms with E-state index in [2.05, 4.69) is 22.7 Å². The zero-order valence-electron chi connectivity index (χ0n) is 10.1. The van der Waals surface area contributed by atoms with Crippen molar-refractivity contribution >= 4 is 34.8 Å². The van der Waals surface area contributed by atoms with Crippen LogP contribution in [0.5, 0.6) is 0 Å². The second kappa shape index (κ2) is 5.48.